The van der Waals surface area contributed by atoms with E-state index in [1.54, 1.807) is 0 Å². The SMILES string of the molecule is O=C=Nc1ccc(-n2nc(C(F)(F)F)cc2C(F)(F)F)cc1. The monoisotopic (exact) mass is 321 g/mol. The summed E-state index contributed by atoms with van der Waals surface area (Å²) >= 11 is 0. The number of rotatable bonds is 2. The molecule has 116 valence electrons. The Morgan fingerprint density at radius 1 is 1.00 bits per heavy atom. The summed E-state index contributed by atoms with van der Waals surface area (Å²) < 4.78 is 76.3. The van der Waals surface area contributed by atoms with Crippen LogP contribution in [0, 0.1) is 0 Å². The number of benzene rings is 1. The molecular formula is C12H5F6N3O. The van der Waals surface area contributed by atoms with Crippen molar-refractivity contribution >= 4 is 11.8 Å². The average molecular weight is 321 g/mol. The second kappa shape index (κ2) is 5.30. The maximum absolute atomic E-state index is 12.8. The van der Waals surface area contributed by atoms with Crippen LogP contribution >= 0.6 is 0 Å². The van der Waals surface area contributed by atoms with E-state index >= 15 is 0 Å². The fourth-order valence-electron chi connectivity index (χ4n) is 1.64. The van der Waals surface area contributed by atoms with Crippen molar-refractivity contribution in [1.82, 2.24) is 9.78 Å². The van der Waals surface area contributed by atoms with Crippen LogP contribution in [0.25, 0.3) is 5.69 Å². The number of nitrogens with zero attached hydrogens (tertiary/aromatic N) is 3. The van der Waals surface area contributed by atoms with Gasteiger partial charge in [-0.3, -0.25) is 0 Å². The maximum Gasteiger partial charge on any atom is 0.435 e. The molecule has 0 atom stereocenters. The van der Waals surface area contributed by atoms with Gasteiger partial charge in [0.2, 0.25) is 6.08 Å². The van der Waals surface area contributed by atoms with Crippen LogP contribution in [0.5, 0.6) is 0 Å². The van der Waals surface area contributed by atoms with Crippen LogP contribution < -0.4 is 0 Å². The first-order valence-corrected chi connectivity index (χ1v) is 5.55. The van der Waals surface area contributed by atoms with E-state index in [-0.39, 0.29) is 22.1 Å². The third-order valence-electron chi connectivity index (χ3n) is 2.56. The van der Waals surface area contributed by atoms with E-state index in [0.29, 0.717) is 0 Å². The van der Waals surface area contributed by atoms with Crippen molar-refractivity contribution in [3.8, 4) is 5.69 Å². The molecule has 0 aliphatic carbocycles. The van der Waals surface area contributed by atoms with Crippen LogP contribution in [-0.2, 0) is 17.1 Å². The van der Waals surface area contributed by atoms with Gasteiger partial charge in [0.15, 0.2) is 5.69 Å². The topological polar surface area (TPSA) is 47.2 Å². The summed E-state index contributed by atoms with van der Waals surface area (Å²) in [5.74, 6) is 0. The highest BCUT2D eigenvalue weighted by Gasteiger charge is 2.42. The van der Waals surface area contributed by atoms with Crippen LogP contribution in [0.3, 0.4) is 0 Å². The summed E-state index contributed by atoms with van der Waals surface area (Å²) in [6.45, 7) is 0. The van der Waals surface area contributed by atoms with Gasteiger partial charge >= 0.3 is 12.4 Å². The van der Waals surface area contributed by atoms with Gasteiger partial charge in [0.05, 0.1) is 11.4 Å². The van der Waals surface area contributed by atoms with Crippen molar-refractivity contribution in [1.29, 1.82) is 0 Å². The zero-order valence-electron chi connectivity index (χ0n) is 10.4. The lowest BCUT2D eigenvalue weighted by molar-refractivity contribution is -0.143. The van der Waals surface area contributed by atoms with Gasteiger partial charge in [0.25, 0.3) is 0 Å². The molecule has 0 unspecified atom stereocenters. The van der Waals surface area contributed by atoms with Gasteiger partial charge in [-0.15, -0.1) is 0 Å². The van der Waals surface area contributed by atoms with E-state index in [4.69, 9.17) is 0 Å². The van der Waals surface area contributed by atoms with Gasteiger partial charge < -0.3 is 0 Å². The van der Waals surface area contributed by atoms with Crippen LogP contribution in [0.2, 0.25) is 0 Å². The third kappa shape index (κ3) is 3.17. The lowest BCUT2D eigenvalue weighted by Gasteiger charge is -2.10. The Kier molecular flexibility index (Phi) is 3.80. The highest BCUT2D eigenvalue weighted by molar-refractivity contribution is 5.51. The lowest BCUT2D eigenvalue weighted by Crippen LogP contribution is -2.13. The van der Waals surface area contributed by atoms with E-state index in [1.807, 2.05) is 0 Å². The number of alkyl halides is 6. The molecular weight excluding hydrogens is 316 g/mol. The summed E-state index contributed by atoms with van der Waals surface area (Å²) in [4.78, 5) is 13.3. The number of isocyanates is 1. The molecule has 4 nitrogen and oxygen atoms in total. The Labute approximate surface area is 118 Å². The Balaban J connectivity index is 2.58. The van der Waals surface area contributed by atoms with Crippen molar-refractivity contribution in [2.45, 2.75) is 12.4 Å². The second-order valence-corrected chi connectivity index (χ2v) is 4.04. The molecule has 0 saturated carbocycles. The normalized spacial score (nSPS) is 12.1. The van der Waals surface area contributed by atoms with Crippen molar-refractivity contribution in [3.63, 3.8) is 0 Å². The van der Waals surface area contributed by atoms with Gasteiger partial charge in [-0.05, 0) is 24.3 Å². The predicted molar refractivity (Wildman–Crippen MR) is 61.3 cm³/mol. The number of carbonyl (C=O) groups excluding carboxylic acids is 1. The summed E-state index contributed by atoms with van der Waals surface area (Å²) in [5.41, 5.74) is -3.38. The van der Waals surface area contributed by atoms with Crippen LogP contribution in [-0.4, -0.2) is 15.9 Å². The minimum Gasteiger partial charge on any atom is -0.228 e. The highest BCUT2D eigenvalue weighted by atomic mass is 19.4. The lowest BCUT2D eigenvalue weighted by atomic mass is 10.2. The second-order valence-electron chi connectivity index (χ2n) is 4.04. The molecule has 10 heteroatoms. The van der Waals surface area contributed by atoms with Gasteiger partial charge in [0, 0.05) is 6.07 Å². The minimum atomic E-state index is -5.02. The fraction of sp³-hybridized carbons (Fsp3) is 0.167. The van der Waals surface area contributed by atoms with E-state index in [2.05, 4.69) is 10.1 Å². The van der Waals surface area contributed by atoms with E-state index in [1.165, 1.54) is 6.08 Å². The van der Waals surface area contributed by atoms with E-state index in [9.17, 15) is 31.1 Å². The number of aliphatic imine (C=N–C) groups is 1. The van der Waals surface area contributed by atoms with Gasteiger partial charge in [-0.1, -0.05) is 0 Å². The third-order valence-corrected chi connectivity index (χ3v) is 2.56. The van der Waals surface area contributed by atoms with Crippen molar-refractivity contribution < 1.29 is 31.1 Å². The molecule has 0 fully saturated rings. The Morgan fingerprint density at radius 3 is 2.05 bits per heavy atom. The first kappa shape index (κ1) is 15.8. The number of hydrogen-bond acceptors (Lipinski definition) is 3. The number of aromatic nitrogens is 2. The van der Waals surface area contributed by atoms with E-state index in [0.717, 1.165) is 24.3 Å². The largest absolute Gasteiger partial charge is 0.435 e. The fourth-order valence-corrected chi connectivity index (χ4v) is 1.64. The molecule has 0 aliphatic heterocycles. The van der Waals surface area contributed by atoms with Crippen molar-refractivity contribution in [2.24, 2.45) is 4.99 Å². The minimum absolute atomic E-state index is 0.0719. The summed E-state index contributed by atoms with van der Waals surface area (Å²) in [6.07, 6.45) is -8.80. The Morgan fingerprint density at radius 2 is 1.59 bits per heavy atom. The molecule has 22 heavy (non-hydrogen) atoms. The molecule has 1 heterocycles. The molecule has 0 bridgehead atoms. The summed E-state index contributed by atoms with van der Waals surface area (Å²) in [6, 6.07) is 4.33. The Bertz CT molecular complexity index is 723. The van der Waals surface area contributed by atoms with Gasteiger partial charge in [0.1, 0.15) is 5.69 Å². The van der Waals surface area contributed by atoms with Crippen LogP contribution in [0.4, 0.5) is 32.0 Å². The maximum atomic E-state index is 12.8. The van der Waals surface area contributed by atoms with Gasteiger partial charge in [-0.2, -0.15) is 36.4 Å². The molecule has 0 radical (unpaired) electrons. The van der Waals surface area contributed by atoms with Crippen molar-refractivity contribution in [2.75, 3.05) is 0 Å². The molecule has 0 saturated heterocycles. The molecule has 2 rings (SSSR count). The Hall–Kier alpha value is -2.61. The molecule has 2 aromatic rings. The highest BCUT2D eigenvalue weighted by Crippen LogP contribution is 2.36. The molecule has 0 amide bonds. The molecule has 1 aromatic carbocycles. The quantitative estimate of drug-likeness (QED) is 0.479. The van der Waals surface area contributed by atoms with Crippen LogP contribution in [0.1, 0.15) is 11.4 Å². The first-order valence-electron chi connectivity index (χ1n) is 5.55. The first-order chi connectivity index (χ1) is 10.1. The van der Waals surface area contributed by atoms with Crippen LogP contribution in [0.15, 0.2) is 35.3 Å². The molecule has 1 aromatic heterocycles. The zero-order valence-corrected chi connectivity index (χ0v) is 10.4. The summed E-state index contributed by atoms with van der Waals surface area (Å²) in [5, 5.41) is 2.96. The van der Waals surface area contributed by atoms with Gasteiger partial charge in [-0.25, -0.2) is 9.48 Å². The molecule has 0 aliphatic rings. The number of hydrogen-bond donors (Lipinski definition) is 0. The standard InChI is InChI=1S/C12H5F6N3O/c13-11(14,15)9-5-10(12(16,17)18)21(20-9)8-3-1-7(2-4-8)19-6-22/h1-5H. The predicted octanol–water partition coefficient (Wildman–Crippen LogP) is 3.88. The number of halogens is 6. The smallest absolute Gasteiger partial charge is 0.228 e. The average Bonchev–Trinajstić information content (AvgIpc) is 2.85. The van der Waals surface area contributed by atoms with Crippen molar-refractivity contribution in [3.05, 3.63) is 41.7 Å². The zero-order chi connectivity index (χ0) is 16.5. The molecule has 0 spiro atoms. The molecule has 0 N–H and O–H groups in total. The summed E-state index contributed by atoms with van der Waals surface area (Å²) in [7, 11) is 0. The van der Waals surface area contributed by atoms with E-state index < -0.39 is 23.7 Å².